The maximum Gasteiger partial charge on any atom is 0.0849 e. The number of hydrogen-bond donors (Lipinski definition) is 3. The van der Waals surface area contributed by atoms with E-state index in [-0.39, 0.29) is 12.1 Å². The molecule has 1 aliphatic heterocycles. The van der Waals surface area contributed by atoms with Gasteiger partial charge >= 0.3 is 0 Å². The molecule has 0 radical (unpaired) electrons. The summed E-state index contributed by atoms with van der Waals surface area (Å²) in [4.78, 5) is 0. The van der Waals surface area contributed by atoms with Crippen molar-refractivity contribution in [3.63, 3.8) is 0 Å². The first kappa shape index (κ1) is 9.68. The molecule has 1 aliphatic rings. The van der Waals surface area contributed by atoms with E-state index in [1.165, 1.54) is 0 Å². The normalized spacial score (nSPS) is 27.9. The zero-order chi connectivity index (χ0) is 10.1. The second kappa shape index (κ2) is 3.71. The first-order chi connectivity index (χ1) is 6.70. The summed E-state index contributed by atoms with van der Waals surface area (Å²) in [6.45, 7) is 5.01. The van der Waals surface area contributed by atoms with Crippen LogP contribution in [-0.2, 0) is 0 Å². The molecule has 2 rings (SSSR count). The third-order valence-corrected chi connectivity index (χ3v) is 3.01. The van der Waals surface area contributed by atoms with Gasteiger partial charge in [-0.25, -0.2) is 0 Å². The van der Waals surface area contributed by atoms with E-state index in [2.05, 4.69) is 15.5 Å². The summed E-state index contributed by atoms with van der Waals surface area (Å²) in [6, 6.07) is 0.00806. The molecule has 3 N–H and O–H groups in total. The number of hydrogen-bond acceptors (Lipinski definition) is 3. The molecule has 14 heavy (non-hydrogen) atoms. The van der Waals surface area contributed by atoms with Gasteiger partial charge in [0.25, 0.3) is 0 Å². The summed E-state index contributed by atoms with van der Waals surface area (Å²) in [5, 5.41) is 20.3. The molecular formula is C10H17N3O. The fraction of sp³-hybridized carbons (Fsp3) is 0.700. The maximum atomic E-state index is 9.84. The molecule has 0 aliphatic carbocycles. The van der Waals surface area contributed by atoms with E-state index in [0.717, 1.165) is 36.3 Å². The third kappa shape index (κ3) is 1.55. The Balaban J connectivity index is 2.24. The van der Waals surface area contributed by atoms with Gasteiger partial charge in [-0.15, -0.1) is 0 Å². The number of rotatable bonds is 1. The van der Waals surface area contributed by atoms with Crippen molar-refractivity contribution in [1.29, 1.82) is 0 Å². The molecule has 4 heteroatoms. The zero-order valence-corrected chi connectivity index (χ0v) is 8.67. The predicted molar refractivity (Wildman–Crippen MR) is 54.0 cm³/mol. The van der Waals surface area contributed by atoms with Crippen LogP contribution in [0.15, 0.2) is 0 Å². The second-order valence-electron chi connectivity index (χ2n) is 4.00. The van der Waals surface area contributed by atoms with E-state index in [1.54, 1.807) is 0 Å². The van der Waals surface area contributed by atoms with Crippen LogP contribution in [-0.4, -0.2) is 28.0 Å². The van der Waals surface area contributed by atoms with Crippen molar-refractivity contribution in [1.82, 2.24) is 15.5 Å². The van der Waals surface area contributed by atoms with Crippen molar-refractivity contribution in [3.05, 3.63) is 17.0 Å². The van der Waals surface area contributed by atoms with Gasteiger partial charge < -0.3 is 10.4 Å². The number of aryl methyl sites for hydroxylation is 1. The molecule has 1 fully saturated rings. The number of aromatic nitrogens is 2. The molecule has 0 aromatic carbocycles. The number of aromatic amines is 1. The topological polar surface area (TPSA) is 60.9 Å². The molecule has 4 nitrogen and oxygen atoms in total. The van der Waals surface area contributed by atoms with E-state index in [0.29, 0.717) is 0 Å². The maximum absolute atomic E-state index is 9.84. The summed E-state index contributed by atoms with van der Waals surface area (Å²) in [5.41, 5.74) is 3.21. The molecule has 1 aromatic rings. The Kier molecular flexibility index (Phi) is 2.56. The minimum atomic E-state index is -0.301. The van der Waals surface area contributed by atoms with Gasteiger partial charge in [0.1, 0.15) is 0 Å². The van der Waals surface area contributed by atoms with Crippen LogP contribution in [0, 0.1) is 13.8 Å². The predicted octanol–water partition coefficient (Wildman–Crippen LogP) is 0.812. The van der Waals surface area contributed by atoms with E-state index >= 15 is 0 Å². The Hall–Kier alpha value is -0.870. The Morgan fingerprint density at radius 2 is 2.21 bits per heavy atom. The van der Waals surface area contributed by atoms with Crippen LogP contribution in [0.3, 0.4) is 0 Å². The highest BCUT2D eigenvalue weighted by Crippen LogP contribution is 2.25. The Morgan fingerprint density at radius 3 is 2.79 bits per heavy atom. The average Bonchev–Trinajstić information content (AvgIpc) is 2.49. The smallest absolute Gasteiger partial charge is 0.0849 e. The Bertz CT molecular complexity index is 321. The molecule has 2 atom stereocenters. The highest BCUT2D eigenvalue weighted by Gasteiger charge is 2.27. The summed E-state index contributed by atoms with van der Waals surface area (Å²) in [7, 11) is 0. The van der Waals surface area contributed by atoms with Crippen molar-refractivity contribution >= 4 is 0 Å². The lowest BCUT2D eigenvalue weighted by Crippen LogP contribution is -2.38. The summed E-state index contributed by atoms with van der Waals surface area (Å²) in [5.74, 6) is 0. The lowest BCUT2D eigenvalue weighted by atomic mass is 9.96. The molecule has 2 heterocycles. The molecule has 0 spiro atoms. The molecule has 78 valence electrons. The van der Waals surface area contributed by atoms with Gasteiger partial charge in [0.2, 0.25) is 0 Å². The SMILES string of the molecule is Cc1[nH]nc(C2NCCCC2O)c1C. The van der Waals surface area contributed by atoms with Crippen molar-refractivity contribution < 1.29 is 5.11 Å². The summed E-state index contributed by atoms with van der Waals surface area (Å²) in [6.07, 6.45) is 1.61. The van der Waals surface area contributed by atoms with E-state index in [4.69, 9.17) is 0 Å². The minimum absolute atomic E-state index is 0.00806. The minimum Gasteiger partial charge on any atom is -0.391 e. The van der Waals surface area contributed by atoms with E-state index in [9.17, 15) is 5.11 Å². The van der Waals surface area contributed by atoms with Crippen LogP contribution in [0.2, 0.25) is 0 Å². The van der Waals surface area contributed by atoms with Crippen molar-refractivity contribution in [2.75, 3.05) is 6.54 Å². The summed E-state index contributed by atoms with van der Waals surface area (Å²) >= 11 is 0. The molecule has 0 bridgehead atoms. The zero-order valence-electron chi connectivity index (χ0n) is 8.67. The molecule has 2 unspecified atom stereocenters. The highest BCUT2D eigenvalue weighted by molar-refractivity contribution is 5.26. The first-order valence-electron chi connectivity index (χ1n) is 5.13. The molecule has 0 amide bonds. The number of piperidine rings is 1. The fourth-order valence-electron chi connectivity index (χ4n) is 1.96. The lowest BCUT2D eigenvalue weighted by Gasteiger charge is -2.28. The van der Waals surface area contributed by atoms with Gasteiger partial charge in [0.15, 0.2) is 0 Å². The van der Waals surface area contributed by atoms with Gasteiger partial charge in [-0.05, 0) is 38.8 Å². The van der Waals surface area contributed by atoms with Gasteiger partial charge in [-0.1, -0.05) is 0 Å². The number of aliphatic hydroxyl groups is 1. The highest BCUT2D eigenvalue weighted by atomic mass is 16.3. The average molecular weight is 195 g/mol. The van der Waals surface area contributed by atoms with Crippen LogP contribution >= 0.6 is 0 Å². The molecule has 1 aromatic heterocycles. The Labute approximate surface area is 83.7 Å². The van der Waals surface area contributed by atoms with Crippen LogP contribution in [0.4, 0.5) is 0 Å². The monoisotopic (exact) mass is 195 g/mol. The van der Waals surface area contributed by atoms with Crippen LogP contribution in [0.1, 0.15) is 35.8 Å². The van der Waals surface area contributed by atoms with Crippen LogP contribution < -0.4 is 5.32 Å². The van der Waals surface area contributed by atoms with Crippen molar-refractivity contribution in [2.45, 2.75) is 38.8 Å². The number of nitrogens with one attached hydrogen (secondary N) is 2. The number of nitrogens with zero attached hydrogens (tertiary/aromatic N) is 1. The molecule has 1 saturated heterocycles. The quantitative estimate of drug-likeness (QED) is 0.621. The van der Waals surface area contributed by atoms with Crippen LogP contribution in [0.5, 0.6) is 0 Å². The lowest BCUT2D eigenvalue weighted by molar-refractivity contribution is 0.0944. The van der Waals surface area contributed by atoms with Crippen molar-refractivity contribution in [3.8, 4) is 0 Å². The van der Waals surface area contributed by atoms with Gasteiger partial charge in [-0.2, -0.15) is 5.10 Å². The Morgan fingerprint density at radius 1 is 1.43 bits per heavy atom. The fourth-order valence-corrected chi connectivity index (χ4v) is 1.96. The third-order valence-electron chi connectivity index (χ3n) is 3.01. The summed E-state index contributed by atoms with van der Waals surface area (Å²) < 4.78 is 0. The van der Waals surface area contributed by atoms with E-state index in [1.807, 2.05) is 13.8 Å². The molecule has 0 saturated carbocycles. The largest absolute Gasteiger partial charge is 0.391 e. The van der Waals surface area contributed by atoms with Crippen LogP contribution in [0.25, 0.3) is 0 Å². The van der Waals surface area contributed by atoms with Crippen molar-refractivity contribution in [2.24, 2.45) is 0 Å². The van der Waals surface area contributed by atoms with Gasteiger partial charge in [-0.3, -0.25) is 5.10 Å². The number of H-pyrrole nitrogens is 1. The van der Waals surface area contributed by atoms with Gasteiger partial charge in [0.05, 0.1) is 17.8 Å². The number of aliphatic hydroxyl groups excluding tert-OH is 1. The standard InChI is InChI=1S/C10H17N3O/c1-6-7(2)12-13-9(6)10-8(14)4-3-5-11-10/h8,10-11,14H,3-5H2,1-2H3,(H,12,13). The molecular weight excluding hydrogens is 178 g/mol. The van der Waals surface area contributed by atoms with Gasteiger partial charge in [0, 0.05) is 5.69 Å². The second-order valence-corrected chi connectivity index (χ2v) is 4.00. The van der Waals surface area contributed by atoms with E-state index < -0.39 is 0 Å². The first-order valence-corrected chi connectivity index (χ1v) is 5.13.